The molecule has 54 valence electrons. The van der Waals surface area contributed by atoms with Gasteiger partial charge in [0.25, 0.3) is 0 Å². The summed E-state index contributed by atoms with van der Waals surface area (Å²) in [5.41, 5.74) is 0. The van der Waals surface area contributed by atoms with Crippen LogP contribution in [0.4, 0.5) is 0 Å². The quantitative estimate of drug-likeness (QED) is 0.543. The fourth-order valence-electron chi connectivity index (χ4n) is 0.622. The van der Waals surface area contributed by atoms with E-state index in [1.54, 1.807) is 0 Å². The average Bonchev–Trinajstić information content (AvgIpc) is 1.83. The Morgan fingerprint density at radius 2 is 1.89 bits per heavy atom. The van der Waals surface area contributed by atoms with Crippen molar-refractivity contribution >= 4 is 0 Å². The maximum Gasteiger partial charge on any atom is -0.0355 e. The molecule has 2 radical (unpaired) electrons. The largest absolute Gasteiger partial charge is 0.0628 e. The predicted molar refractivity (Wildman–Crippen MR) is 42.9 cm³/mol. The zero-order chi connectivity index (χ0) is 7.28. The smallest absolute Gasteiger partial charge is 0.0355 e. The minimum Gasteiger partial charge on any atom is -0.0628 e. The van der Waals surface area contributed by atoms with Crippen LogP contribution >= 0.6 is 0 Å². The highest BCUT2D eigenvalue weighted by Crippen LogP contribution is 2.12. The molecule has 0 fully saturated rings. The fraction of sp³-hybridized carbons (Fsp3) is 0.778. The van der Waals surface area contributed by atoms with E-state index >= 15 is 0 Å². The Bertz CT molecular complexity index is 55.1. The van der Waals surface area contributed by atoms with Crippen LogP contribution in [0.5, 0.6) is 0 Å². The van der Waals surface area contributed by atoms with Crippen LogP contribution in [0.3, 0.4) is 0 Å². The summed E-state index contributed by atoms with van der Waals surface area (Å²) in [7, 11) is 0. The highest BCUT2D eigenvalue weighted by molar-refractivity contribution is 4.74. The monoisotopic (exact) mass is 126 g/mol. The van der Waals surface area contributed by atoms with Gasteiger partial charge in [-0.25, -0.2) is 0 Å². The van der Waals surface area contributed by atoms with E-state index < -0.39 is 0 Å². The first-order valence-corrected chi connectivity index (χ1v) is 3.79. The van der Waals surface area contributed by atoms with E-state index in [1.165, 1.54) is 6.42 Å². The Balaban J connectivity index is 3.06. The van der Waals surface area contributed by atoms with Crippen LogP contribution < -0.4 is 0 Å². The Morgan fingerprint density at radius 1 is 1.33 bits per heavy atom. The molecule has 0 heteroatoms. The summed E-state index contributed by atoms with van der Waals surface area (Å²) in [4.78, 5) is 0. The van der Waals surface area contributed by atoms with Gasteiger partial charge >= 0.3 is 0 Å². The van der Waals surface area contributed by atoms with Crippen molar-refractivity contribution in [3.8, 4) is 0 Å². The van der Waals surface area contributed by atoms with E-state index in [9.17, 15) is 0 Å². The second-order valence-corrected chi connectivity index (χ2v) is 3.13. The van der Waals surface area contributed by atoms with E-state index in [-0.39, 0.29) is 0 Å². The Hall–Kier alpha value is 0. The maximum atomic E-state index is 3.83. The molecular formula is C9H18. The second kappa shape index (κ2) is 4.84. The normalized spacial score (nSPS) is 14.3. The lowest BCUT2D eigenvalue weighted by molar-refractivity contribution is 0.559. The molecule has 0 saturated heterocycles. The molecule has 0 aromatic rings. The summed E-state index contributed by atoms with van der Waals surface area (Å²) in [5.74, 6) is 1.51. The van der Waals surface area contributed by atoms with Gasteiger partial charge in [-0.15, -0.1) is 0 Å². The third-order valence-corrected chi connectivity index (χ3v) is 1.47. The van der Waals surface area contributed by atoms with Crippen molar-refractivity contribution in [1.29, 1.82) is 0 Å². The molecule has 0 aromatic carbocycles. The lowest BCUT2D eigenvalue weighted by Gasteiger charge is -2.08. The van der Waals surface area contributed by atoms with Gasteiger partial charge in [-0.1, -0.05) is 34.1 Å². The summed E-state index contributed by atoms with van der Waals surface area (Å²) >= 11 is 0. The molecule has 0 nitrogen and oxygen atoms in total. The minimum atomic E-state index is 0.701. The molecule has 0 aromatic heterocycles. The predicted octanol–water partition coefficient (Wildman–Crippen LogP) is 3.10. The highest BCUT2D eigenvalue weighted by atomic mass is 14.1. The van der Waals surface area contributed by atoms with Gasteiger partial charge in [0.05, 0.1) is 0 Å². The molecule has 1 unspecified atom stereocenters. The number of hydrogen-bond donors (Lipinski definition) is 0. The van der Waals surface area contributed by atoms with Crippen LogP contribution in [-0.2, 0) is 0 Å². The first-order valence-electron chi connectivity index (χ1n) is 3.79. The fourth-order valence-corrected chi connectivity index (χ4v) is 0.622. The zero-order valence-corrected chi connectivity index (χ0v) is 6.85. The minimum absolute atomic E-state index is 0.701. The summed E-state index contributed by atoms with van der Waals surface area (Å²) in [6, 6.07) is 0. The van der Waals surface area contributed by atoms with Crippen molar-refractivity contribution in [3.63, 3.8) is 0 Å². The molecule has 0 N–H and O–H groups in total. The van der Waals surface area contributed by atoms with Crippen molar-refractivity contribution < 1.29 is 0 Å². The van der Waals surface area contributed by atoms with E-state index in [1.807, 2.05) is 0 Å². The molecular weight excluding hydrogens is 108 g/mol. The summed E-state index contributed by atoms with van der Waals surface area (Å²) in [6.45, 7) is 10.5. The van der Waals surface area contributed by atoms with E-state index in [0.717, 1.165) is 12.3 Å². The Morgan fingerprint density at radius 3 is 2.22 bits per heavy atom. The molecule has 0 aliphatic rings. The van der Waals surface area contributed by atoms with Crippen LogP contribution in [0.15, 0.2) is 0 Å². The standard InChI is InChI=1S/C9H18/c1-5-9(4)7-6-8(2)3/h7-9H,1,5-6H2,2-4H3. The maximum absolute atomic E-state index is 3.83. The summed E-state index contributed by atoms with van der Waals surface area (Å²) < 4.78 is 0. The van der Waals surface area contributed by atoms with Crippen molar-refractivity contribution in [2.24, 2.45) is 11.8 Å². The average molecular weight is 126 g/mol. The molecule has 0 spiro atoms. The second-order valence-electron chi connectivity index (χ2n) is 3.13. The van der Waals surface area contributed by atoms with Crippen LogP contribution in [-0.4, -0.2) is 0 Å². The van der Waals surface area contributed by atoms with Gasteiger partial charge in [-0.3, -0.25) is 0 Å². The molecule has 0 saturated carbocycles. The van der Waals surface area contributed by atoms with Crippen LogP contribution in [0.2, 0.25) is 0 Å². The molecule has 0 aliphatic carbocycles. The molecule has 0 aliphatic heterocycles. The van der Waals surface area contributed by atoms with Gasteiger partial charge in [-0.2, -0.15) is 0 Å². The van der Waals surface area contributed by atoms with Gasteiger partial charge in [0.1, 0.15) is 0 Å². The van der Waals surface area contributed by atoms with Gasteiger partial charge in [0, 0.05) is 0 Å². The van der Waals surface area contributed by atoms with Crippen molar-refractivity contribution in [1.82, 2.24) is 0 Å². The molecule has 1 atom stereocenters. The Labute approximate surface area is 59.7 Å². The summed E-state index contributed by atoms with van der Waals surface area (Å²) in [5, 5.41) is 0. The van der Waals surface area contributed by atoms with Crippen LogP contribution in [0.1, 0.15) is 33.6 Å². The third-order valence-electron chi connectivity index (χ3n) is 1.47. The molecule has 0 rings (SSSR count). The molecule has 0 bridgehead atoms. The Kier molecular flexibility index (Phi) is 4.84. The third kappa shape index (κ3) is 5.88. The molecule has 9 heavy (non-hydrogen) atoms. The van der Waals surface area contributed by atoms with Gasteiger partial charge in [0.2, 0.25) is 0 Å². The lowest BCUT2D eigenvalue weighted by atomic mass is 9.98. The van der Waals surface area contributed by atoms with Crippen LogP contribution in [0.25, 0.3) is 0 Å². The molecule has 0 heterocycles. The topological polar surface area (TPSA) is 0 Å². The van der Waals surface area contributed by atoms with Gasteiger partial charge in [0.15, 0.2) is 0 Å². The van der Waals surface area contributed by atoms with Gasteiger partial charge < -0.3 is 0 Å². The van der Waals surface area contributed by atoms with Crippen molar-refractivity contribution in [2.75, 3.05) is 0 Å². The first kappa shape index (κ1) is 9.00. The number of rotatable bonds is 4. The summed E-state index contributed by atoms with van der Waals surface area (Å²) in [6.07, 6.45) is 4.63. The highest BCUT2D eigenvalue weighted by Gasteiger charge is 1.99. The van der Waals surface area contributed by atoms with Crippen LogP contribution in [0, 0.1) is 25.2 Å². The van der Waals surface area contributed by atoms with Crippen molar-refractivity contribution in [2.45, 2.75) is 33.6 Å². The first-order chi connectivity index (χ1) is 4.16. The zero-order valence-electron chi connectivity index (χ0n) is 6.85. The van der Waals surface area contributed by atoms with E-state index in [0.29, 0.717) is 5.92 Å². The SMILES string of the molecule is [CH2]CC(C)[CH]CC(C)C. The van der Waals surface area contributed by atoms with Gasteiger partial charge in [-0.05, 0) is 24.7 Å². The number of hydrogen-bond acceptors (Lipinski definition) is 0. The van der Waals surface area contributed by atoms with E-state index in [2.05, 4.69) is 34.1 Å². The lowest BCUT2D eigenvalue weighted by Crippen LogP contribution is -1.96. The molecule has 0 amide bonds. The van der Waals surface area contributed by atoms with E-state index in [4.69, 9.17) is 0 Å². The van der Waals surface area contributed by atoms with Crippen molar-refractivity contribution in [3.05, 3.63) is 13.3 Å².